The van der Waals surface area contributed by atoms with Crippen LogP contribution in [0.2, 0.25) is 0 Å². The maximum atomic E-state index is 10.3. The van der Waals surface area contributed by atoms with Crippen LogP contribution in [0, 0.1) is 0 Å². The first kappa shape index (κ1) is 10.6. The number of rotatable bonds is 5. The number of hydrogen-bond acceptors (Lipinski definition) is 5. The van der Waals surface area contributed by atoms with Crippen LogP contribution < -0.4 is 4.90 Å². The second-order valence-electron chi connectivity index (χ2n) is 2.85. The van der Waals surface area contributed by atoms with Crippen LogP contribution in [0.3, 0.4) is 0 Å². The van der Waals surface area contributed by atoms with E-state index in [0.29, 0.717) is 18.1 Å². The summed E-state index contributed by atoms with van der Waals surface area (Å²) in [6, 6.07) is 0. The van der Waals surface area contributed by atoms with E-state index in [0.717, 1.165) is 12.8 Å². The first-order valence-corrected chi connectivity index (χ1v) is 4.25. The van der Waals surface area contributed by atoms with Gasteiger partial charge in [0, 0.05) is 33.1 Å². The molecule has 0 radical (unpaired) electrons. The number of nitrogens with zero attached hydrogens (tertiary/aromatic N) is 3. The zero-order chi connectivity index (χ0) is 10.4. The van der Waals surface area contributed by atoms with Crippen LogP contribution >= 0.6 is 0 Å². The topological polar surface area (TPSA) is 55.3 Å². The fraction of sp³-hybridized carbons (Fsp3) is 0.444. The Balaban J connectivity index is 2.61. The van der Waals surface area contributed by atoms with Crippen molar-refractivity contribution >= 4 is 12.2 Å². The minimum atomic E-state index is 0.480. The Kier molecular flexibility index (Phi) is 4.00. The average Bonchev–Trinajstić information content (AvgIpc) is 2.26. The summed E-state index contributed by atoms with van der Waals surface area (Å²) in [5.41, 5.74) is 0.480. The van der Waals surface area contributed by atoms with Gasteiger partial charge in [0.05, 0.1) is 12.2 Å². The third kappa shape index (κ3) is 2.77. The van der Waals surface area contributed by atoms with E-state index >= 15 is 0 Å². The normalized spacial score (nSPS) is 9.86. The van der Waals surface area contributed by atoms with Gasteiger partial charge in [-0.2, -0.15) is 0 Å². The van der Waals surface area contributed by atoms with Crippen LogP contribution in [0.25, 0.3) is 0 Å². The summed E-state index contributed by atoms with van der Waals surface area (Å²) >= 11 is 0. The smallest absolute Gasteiger partial charge is 0.225 e. The van der Waals surface area contributed by atoms with Gasteiger partial charge in [-0.25, -0.2) is 9.97 Å². The molecule has 0 fully saturated rings. The molecule has 0 aliphatic carbocycles. The number of ether oxygens (including phenoxy) is 1. The monoisotopic (exact) mass is 195 g/mol. The molecule has 14 heavy (non-hydrogen) atoms. The summed E-state index contributed by atoms with van der Waals surface area (Å²) in [5.74, 6) is 0.590. The van der Waals surface area contributed by atoms with Gasteiger partial charge in [-0.15, -0.1) is 0 Å². The lowest BCUT2D eigenvalue weighted by Crippen LogP contribution is -2.24. The maximum Gasteiger partial charge on any atom is 0.225 e. The van der Waals surface area contributed by atoms with E-state index in [1.807, 2.05) is 11.9 Å². The summed E-state index contributed by atoms with van der Waals surface area (Å²) < 4.78 is 4.93. The number of hydrogen-bond donors (Lipinski definition) is 0. The molecule has 0 spiro atoms. The molecular formula is C9H13N3O2. The maximum absolute atomic E-state index is 10.3. The molecule has 0 saturated carbocycles. The molecule has 1 aromatic rings. The van der Waals surface area contributed by atoms with Crippen molar-refractivity contribution in [3.8, 4) is 0 Å². The van der Waals surface area contributed by atoms with E-state index in [9.17, 15) is 4.79 Å². The van der Waals surface area contributed by atoms with Crippen LogP contribution in [0.4, 0.5) is 5.95 Å². The summed E-state index contributed by atoms with van der Waals surface area (Å²) in [5, 5.41) is 0. The molecule has 1 heterocycles. The van der Waals surface area contributed by atoms with Gasteiger partial charge in [0.15, 0.2) is 6.29 Å². The predicted octanol–water partition coefficient (Wildman–Crippen LogP) is 0.372. The lowest BCUT2D eigenvalue weighted by molar-refractivity contribution is 0.112. The van der Waals surface area contributed by atoms with Gasteiger partial charge in [-0.3, -0.25) is 4.79 Å². The largest absolute Gasteiger partial charge is 0.383 e. The molecule has 1 rings (SSSR count). The van der Waals surface area contributed by atoms with Gasteiger partial charge >= 0.3 is 0 Å². The third-order valence-corrected chi connectivity index (χ3v) is 1.77. The molecule has 0 N–H and O–H groups in total. The number of methoxy groups -OCH3 is 1. The van der Waals surface area contributed by atoms with Crippen LogP contribution in [-0.2, 0) is 4.74 Å². The Labute approximate surface area is 82.7 Å². The van der Waals surface area contributed by atoms with E-state index in [1.54, 1.807) is 7.11 Å². The van der Waals surface area contributed by atoms with Crippen molar-refractivity contribution in [2.45, 2.75) is 0 Å². The first-order chi connectivity index (χ1) is 6.77. The first-order valence-electron chi connectivity index (χ1n) is 4.25. The lowest BCUT2D eigenvalue weighted by atomic mass is 10.4. The molecule has 0 atom stereocenters. The Bertz CT molecular complexity index is 287. The van der Waals surface area contributed by atoms with E-state index in [4.69, 9.17) is 4.74 Å². The van der Waals surface area contributed by atoms with E-state index in [1.165, 1.54) is 12.4 Å². The van der Waals surface area contributed by atoms with Crippen LogP contribution in [0.5, 0.6) is 0 Å². The zero-order valence-corrected chi connectivity index (χ0v) is 8.30. The van der Waals surface area contributed by atoms with Gasteiger partial charge in [-0.1, -0.05) is 0 Å². The Morgan fingerprint density at radius 3 is 2.64 bits per heavy atom. The number of likely N-dealkylation sites (N-methyl/N-ethyl adjacent to an activating group) is 1. The van der Waals surface area contributed by atoms with Crippen LogP contribution in [0.15, 0.2) is 12.4 Å². The van der Waals surface area contributed by atoms with Crippen molar-refractivity contribution in [3.05, 3.63) is 18.0 Å². The van der Waals surface area contributed by atoms with Crippen molar-refractivity contribution in [1.82, 2.24) is 9.97 Å². The molecule has 0 aliphatic rings. The molecule has 0 amide bonds. The highest BCUT2D eigenvalue weighted by Gasteiger charge is 2.02. The van der Waals surface area contributed by atoms with Gasteiger partial charge in [-0.05, 0) is 0 Å². The molecule has 0 unspecified atom stereocenters. The van der Waals surface area contributed by atoms with Gasteiger partial charge in [0.2, 0.25) is 5.95 Å². The van der Waals surface area contributed by atoms with Crippen molar-refractivity contribution in [3.63, 3.8) is 0 Å². The van der Waals surface area contributed by atoms with Crippen molar-refractivity contribution in [2.24, 2.45) is 0 Å². The summed E-state index contributed by atoms with van der Waals surface area (Å²) in [7, 11) is 3.51. The molecule has 76 valence electrons. The van der Waals surface area contributed by atoms with Gasteiger partial charge in [0.25, 0.3) is 0 Å². The van der Waals surface area contributed by atoms with Gasteiger partial charge in [0.1, 0.15) is 0 Å². The summed E-state index contributed by atoms with van der Waals surface area (Å²) in [4.78, 5) is 20.3. The molecule has 0 bridgehead atoms. The minimum absolute atomic E-state index is 0.480. The molecule has 0 aliphatic heterocycles. The molecular weight excluding hydrogens is 182 g/mol. The number of anilines is 1. The van der Waals surface area contributed by atoms with E-state index in [-0.39, 0.29) is 0 Å². The number of aldehydes is 1. The standard InChI is InChI=1S/C9H13N3O2/c1-12(3-4-14-2)9-10-5-8(7-13)6-11-9/h5-7H,3-4H2,1-2H3. The molecule has 1 aromatic heterocycles. The predicted molar refractivity (Wildman–Crippen MR) is 52.6 cm³/mol. The van der Waals surface area contributed by atoms with Crippen molar-refractivity contribution in [2.75, 3.05) is 32.2 Å². The van der Waals surface area contributed by atoms with Crippen molar-refractivity contribution in [1.29, 1.82) is 0 Å². The Hall–Kier alpha value is -1.49. The summed E-state index contributed by atoms with van der Waals surface area (Å²) in [6.45, 7) is 1.34. The minimum Gasteiger partial charge on any atom is -0.383 e. The van der Waals surface area contributed by atoms with E-state index in [2.05, 4.69) is 9.97 Å². The molecule has 5 nitrogen and oxygen atoms in total. The van der Waals surface area contributed by atoms with E-state index < -0.39 is 0 Å². The quantitative estimate of drug-likeness (QED) is 0.635. The Morgan fingerprint density at radius 1 is 1.50 bits per heavy atom. The number of aromatic nitrogens is 2. The number of carbonyl (C=O) groups is 1. The second kappa shape index (κ2) is 5.29. The fourth-order valence-corrected chi connectivity index (χ4v) is 0.917. The second-order valence-corrected chi connectivity index (χ2v) is 2.85. The number of carbonyl (C=O) groups excluding carboxylic acids is 1. The van der Waals surface area contributed by atoms with Crippen molar-refractivity contribution < 1.29 is 9.53 Å². The zero-order valence-electron chi connectivity index (χ0n) is 8.30. The summed E-state index contributed by atoms with van der Waals surface area (Å²) in [6.07, 6.45) is 3.72. The highest BCUT2D eigenvalue weighted by molar-refractivity contribution is 5.73. The third-order valence-electron chi connectivity index (χ3n) is 1.77. The average molecular weight is 195 g/mol. The van der Waals surface area contributed by atoms with Crippen LogP contribution in [-0.4, -0.2) is 43.6 Å². The highest BCUT2D eigenvalue weighted by Crippen LogP contribution is 2.02. The fourth-order valence-electron chi connectivity index (χ4n) is 0.917. The van der Waals surface area contributed by atoms with Crippen LogP contribution in [0.1, 0.15) is 10.4 Å². The SMILES string of the molecule is COCCN(C)c1ncc(C=O)cn1. The van der Waals surface area contributed by atoms with Gasteiger partial charge < -0.3 is 9.64 Å². The lowest BCUT2D eigenvalue weighted by Gasteiger charge is -2.15. The molecule has 0 saturated heterocycles. The Morgan fingerprint density at radius 2 is 2.14 bits per heavy atom. The highest BCUT2D eigenvalue weighted by atomic mass is 16.5. The molecule has 5 heteroatoms. The molecule has 0 aromatic carbocycles.